The number of hydrogen-bond acceptors (Lipinski definition) is 10. The second-order valence-electron chi connectivity index (χ2n) is 14.3. The number of ether oxygens (including phenoxy) is 2. The van der Waals surface area contributed by atoms with E-state index in [-0.39, 0.29) is 11.5 Å². The van der Waals surface area contributed by atoms with E-state index < -0.39 is 26.0 Å². The Morgan fingerprint density at radius 2 is 1.46 bits per heavy atom. The first-order valence-electron chi connectivity index (χ1n) is 15.9. The van der Waals surface area contributed by atoms with Gasteiger partial charge in [-0.3, -0.25) is 9.97 Å². The summed E-state index contributed by atoms with van der Waals surface area (Å²) < 4.78 is 38.9. The summed E-state index contributed by atoms with van der Waals surface area (Å²) in [6.07, 6.45) is 9.02. The summed E-state index contributed by atoms with van der Waals surface area (Å²) in [4.78, 5) is 18.0. The zero-order chi connectivity index (χ0) is 33.0. The minimum atomic E-state index is -3.06. The molecule has 1 aliphatic heterocycles. The first-order chi connectivity index (χ1) is 21.8. The van der Waals surface area contributed by atoms with Crippen molar-refractivity contribution in [3.05, 3.63) is 55.2 Å². The Morgan fingerprint density at radius 3 is 2.07 bits per heavy atom. The second kappa shape index (κ2) is 14.3. The molecule has 4 aromatic heterocycles. The molecule has 1 saturated heterocycles. The fourth-order valence-electron chi connectivity index (χ4n) is 5.02. The molecule has 5 rings (SSSR count). The van der Waals surface area contributed by atoms with Crippen LogP contribution in [-0.4, -0.2) is 100 Å². The number of nitrogens with zero attached hydrogens (tertiary/aromatic N) is 7. The molecule has 0 amide bonds. The largest absolute Gasteiger partial charge is 0.361 e. The van der Waals surface area contributed by atoms with Gasteiger partial charge in [-0.15, -0.1) is 0 Å². The molecule has 1 fully saturated rings. The normalized spacial score (nSPS) is 15.4. The number of aromatic nitrogens is 5. The first kappa shape index (κ1) is 34.2. The lowest BCUT2D eigenvalue weighted by atomic mass is 10.1. The molecule has 11 nitrogen and oxygen atoms in total. The zero-order valence-electron chi connectivity index (χ0n) is 27.9. The predicted octanol–water partition coefficient (Wildman–Crippen LogP) is 5.52. The van der Waals surface area contributed by atoms with Crippen LogP contribution in [0.4, 0.5) is 11.6 Å². The van der Waals surface area contributed by atoms with E-state index in [1.807, 2.05) is 52.4 Å². The molecule has 0 radical (unpaired) electrons. The lowest BCUT2D eigenvalue weighted by Gasteiger charge is -2.30. The van der Waals surface area contributed by atoms with Crippen LogP contribution < -0.4 is 9.80 Å². The molecule has 0 spiro atoms. The van der Waals surface area contributed by atoms with Crippen LogP contribution in [0.1, 0.15) is 0 Å². The molecule has 0 aliphatic carbocycles. The third-order valence-electron chi connectivity index (χ3n) is 7.96. The molecule has 1 aliphatic rings. The molecule has 248 valence electrons. The Bertz CT molecular complexity index is 1690. The Kier molecular flexibility index (Phi) is 10.6. The van der Waals surface area contributed by atoms with Gasteiger partial charge in [0.15, 0.2) is 15.5 Å². The summed E-state index contributed by atoms with van der Waals surface area (Å²) >= 11 is 0. The van der Waals surface area contributed by atoms with Crippen LogP contribution >= 0.6 is 0 Å². The van der Waals surface area contributed by atoms with Crippen molar-refractivity contribution in [1.29, 1.82) is 0 Å². The van der Waals surface area contributed by atoms with Gasteiger partial charge in [0.25, 0.3) is 0 Å². The molecule has 0 N–H and O–H groups in total. The van der Waals surface area contributed by atoms with Gasteiger partial charge < -0.3 is 19.3 Å². The summed E-state index contributed by atoms with van der Waals surface area (Å²) in [5.41, 5.74) is 4.26. The minimum absolute atomic E-state index is 0.0989. The van der Waals surface area contributed by atoms with Crippen molar-refractivity contribution in [3.8, 4) is 22.3 Å². The number of pyridine rings is 2. The quantitative estimate of drug-likeness (QED) is 0.0958. The monoisotopic (exact) mass is 681 g/mol. The van der Waals surface area contributed by atoms with Gasteiger partial charge >= 0.3 is 0 Å². The van der Waals surface area contributed by atoms with Crippen LogP contribution in [-0.2, 0) is 19.3 Å². The lowest BCUT2D eigenvalue weighted by Crippen LogP contribution is -2.41. The van der Waals surface area contributed by atoms with E-state index in [1.165, 1.54) is 0 Å². The maximum atomic E-state index is 12.3. The van der Waals surface area contributed by atoms with E-state index in [0.29, 0.717) is 51.2 Å². The van der Waals surface area contributed by atoms with Crippen LogP contribution in [0.2, 0.25) is 51.4 Å². The second-order valence-corrected chi connectivity index (χ2v) is 27.9. The van der Waals surface area contributed by atoms with Gasteiger partial charge in [-0.2, -0.15) is 9.61 Å². The van der Waals surface area contributed by atoms with Crippen molar-refractivity contribution in [1.82, 2.24) is 24.6 Å². The van der Waals surface area contributed by atoms with E-state index in [1.54, 1.807) is 6.20 Å². The maximum absolute atomic E-state index is 12.3. The van der Waals surface area contributed by atoms with Crippen molar-refractivity contribution < 1.29 is 17.9 Å². The maximum Gasteiger partial charge on any atom is 0.167 e. The van der Waals surface area contributed by atoms with Crippen molar-refractivity contribution >= 4 is 43.3 Å². The van der Waals surface area contributed by atoms with Gasteiger partial charge in [-0.05, 0) is 24.2 Å². The van der Waals surface area contributed by atoms with Gasteiger partial charge in [0, 0.05) is 95.6 Å². The van der Waals surface area contributed by atoms with Crippen molar-refractivity contribution in [2.75, 3.05) is 61.1 Å². The topological polar surface area (TPSA) is 115 Å². The fourth-order valence-corrected chi connectivity index (χ4v) is 7.74. The van der Waals surface area contributed by atoms with E-state index in [0.717, 1.165) is 40.2 Å². The van der Waals surface area contributed by atoms with Crippen LogP contribution in [0.5, 0.6) is 0 Å². The summed E-state index contributed by atoms with van der Waals surface area (Å²) in [5.74, 6) is 1.67. The summed E-state index contributed by atoms with van der Waals surface area (Å²) in [5, 5.41) is 4.82. The Morgan fingerprint density at radius 1 is 0.826 bits per heavy atom. The van der Waals surface area contributed by atoms with Crippen molar-refractivity contribution in [3.63, 3.8) is 0 Å². The number of sulfone groups is 1. The standard InChI is InChI=1S/C32H47N7O4SSi2/c1-45(2,3)16-12-42-24-38(25-43-13-17-46(4,5)6)31-19-30(37-10-14-44(40,41)15-11-37)36-32-29(23-35-39(31)32)28-18-27(21-34-22-28)26-8-7-9-33-20-26/h7-9,18-23H,10-17,24-25H2,1-6H3. The van der Waals surface area contributed by atoms with Gasteiger partial charge in [-0.1, -0.05) is 45.3 Å². The van der Waals surface area contributed by atoms with E-state index >= 15 is 0 Å². The van der Waals surface area contributed by atoms with Gasteiger partial charge in [0.1, 0.15) is 25.1 Å². The molecule has 0 bridgehead atoms. The highest BCUT2D eigenvalue weighted by Crippen LogP contribution is 2.32. The summed E-state index contributed by atoms with van der Waals surface area (Å²) in [7, 11) is -5.61. The number of anilines is 2. The van der Waals surface area contributed by atoms with E-state index in [4.69, 9.17) is 19.6 Å². The van der Waals surface area contributed by atoms with E-state index in [9.17, 15) is 8.42 Å². The highest BCUT2D eigenvalue weighted by molar-refractivity contribution is 7.91. The first-order valence-corrected chi connectivity index (χ1v) is 25.1. The third kappa shape index (κ3) is 9.21. The van der Waals surface area contributed by atoms with Crippen molar-refractivity contribution in [2.24, 2.45) is 0 Å². The number of fused-ring (bicyclic) bond motifs is 1. The molecular weight excluding hydrogens is 635 g/mol. The molecule has 0 unspecified atom stereocenters. The zero-order valence-corrected chi connectivity index (χ0v) is 30.8. The molecule has 0 saturated carbocycles. The molecule has 14 heteroatoms. The number of hydrogen-bond donors (Lipinski definition) is 0. The Hall–Kier alpha value is -3.18. The average Bonchev–Trinajstić information content (AvgIpc) is 3.43. The highest BCUT2D eigenvalue weighted by Gasteiger charge is 2.26. The van der Waals surface area contributed by atoms with Gasteiger partial charge in [-0.25, -0.2) is 13.4 Å². The lowest BCUT2D eigenvalue weighted by molar-refractivity contribution is 0.0942. The minimum Gasteiger partial charge on any atom is -0.361 e. The Labute approximate surface area is 274 Å². The van der Waals surface area contributed by atoms with Crippen LogP contribution in [0.3, 0.4) is 0 Å². The molecule has 46 heavy (non-hydrogen) atoms. The molecule has 5 heterocycles. The highest BCUT2D eigenvalue weighted by atomic mass is 32.2. The number of rotatable bonds is 14. The van der Waals surface area contributed by atoms with Gasteiger partial charge in [0.2, 0.25) is 0 Å². The third-order valence-corrected chi connectivity index (χ3v) is 13.0. The van der Waals surface area contributed by atoms with E-state index in [2.05, 4.69) is 60.2 Å². The fraction of sp³-hybridized carbons (Fsp3) is 0.500. The molecule has 0 atom stereocenters. The van der Waals surface area contributed by atoms with Gasteiger partial charge in [0.05, 0.1) is 17.7 Å². The van der Waals surface area contributed by atoms with Crippen LogP contribution in [0, 0.1) is 0 Å². The summed E-state index contributed by atoms with van der Waals surface area (Å²) in [6, 6.07) is 10.1. The smallest absolute Gasteiger partial charge is 0.167 e. The Balaban J connectivity index is 1.55. The van der Waals surface area contributed by atoms with Crippen molar-refractivity contribution in [2.45, 2.75) is 51.4 Å². The van der Waals surface area contributed by atoms with Crippen LogP contribution in [0.25, 0.3) is 27.9 Å². The average molecular weight is 682 g/mol. The SMILES string of the molecule is C[Si](C)(C)CCOCN(COCC[Si](C)(C)C)c1cc(N2CCS(=O)(=O)CC2)nc2c(-c3cncc(-c4cccnc4)c3)cnn12. The summed E-state index contributed by atoms with van der Waals surface area (Å²) in [6.45, 7) is 16.8. The molecular formula is C32H47N7O4SSi2. The molecule has 4 aromatic rings. The predicted molar refractivity (Wildman–Crippen MR) is 191 cm³/mol. The van der Waals surface area contributed by atoms with Crippen LogP contribution in [0.15, 0.2) is 55.2 Å². The molecule has 0 aromatic carbocycles.